The molecule has 3 rings (SSSR count). The van der Waals surface area contributed by atoms with Crippen molar-refractivity contribution in [2.75, 3.05) is 0 Å². The molecule has 0 aromatic heterocycles. The second kappa shape index (κ2) is 9.14. The number of rotatable bonds is 5. The lowest BCUT2D eigenvalue weighted by Crippen LogP contribution is -2.04. The van der Waals surface area contributed by atoms with Crippen molar-refractivity contribution >= 4 is 28.6 Å². The standard InChI is InChI=1S/C24H20F3NS/c1-17-6-12-22(13-7-17)29-23(14-15-28-21-5-3-4-18(2)16-21)19-8-10-20(11-9-19)24(25,26)27/h3-16H,1-2H3. The van der Waals surface area contributed by atoms with Gasteiger partial charge in [0.2, 0.25) is 0 Å². The van der Waals surface area contributed by atoms with Crippen molar-refractivity contribution in [1.29, 1.82) is 0 Å². The fourth-order valence-corrected chi connectivity index (χ4v) is 3.55. The number of benzene rings is 3. The number of aryl methyl sites for hydroxylation is 2. The van der Waals surface area contributed by atoms with Crippen molar-refractivity contribution in [3.8, 4) is 0 Å². The minimum absolute atomic E-state index is 0.658. The number of nitrogens with zero attached hydrogens (tertiary/aromatic N) is 1. The fraction of sp³-hybridized carbons (Fsp3) is 0.125. The maximum atomic E-state index is 12.9. The molecule has 0 fully saturated rings. The van der Waals surface area contributed by atoms with Crippen molar-refractivity contribution in [1.82, 2.24) is 0 Å². The smallest absolute Gasteiger partial charge is 0.257 e. The van der Waals surface area contributed by atoms with Gasteiger partial charge in [0, 0.05) is 16.0 Å². The SMILES string of the molecule is Cc1ccc(SC(=CC=Nc2cccc(C)c2)c2ccc(C(F)(F)F)cc2)cc1. The molecule has 0 radical (unpaired) electrons. The molecule has 29 heavy (non-hydrogen) atoms. The normalized spacial score (nSPS) is 12.5. The van der Waals surface area contributed by atoms with E-state index >= 15 is 0 Å². The highest BCUT2D eigenvalue weighted by molar-refractivity contribution is 8.08. The van der Waals surface area contributed by atoms with Gasteiger partial charge in [-0.2, -0.15) is 13.2 Å². The summed E-state index contributed by atoms with van der Waals surface area (Å²) in [5.41, 5.74) is 3.14. The average Bonchev–Trinajstić information content (AvgIpc) is 2.68. The highest BCUT2D eigenvalue weighted by Crippen LogP contribution is 2.36. The molecular weight excluding hydrogens is 391 g/mol. The van der Waals surface area contributed by atoms with Gasteiger partial charge in [0.15, 0.2) is 0 Å². The zero-order valence-electron chi connectivity index (χ0n) is 16.1. The first-order chi connectivity index (χ1) is 13.8. The van der Waals surface area contributed by atoms with Gasteiger partial charge in [0.1, 0.15) is 0 Å². The number of hydrogen-bond donors (Lipinski definition) is 0. The Kier molecular flexibility index (Phi) is 6.60. The Morgan fingerprint density at radius 2 is 1.55 bits per heavy atom. The molecular formula is C24H20F3NS. The van der Waals surface area contributed by atoms with E-state index in [4.69, 9.17) is 0 Å². The molecule has 0 amide bonds. The summed E-state index contributed by atoms with van der Waals surface area (Å²) < 4.78 is 38.7. The molecule has 1 nitrogen and oxygen atoms in total. The summed E-state index contributed by atoms with van der Waals surface area (Å²) in [4.78, 5) is 6.27. The first-order valence-corrected chi connectivity index (χ1v) is 9.86. The maximum Gasteiger partial charge on any atom is 0.416 e. The van der Waals surface area contributed by atoms with Crippen LogP contribution >= 0.6 is 11.8 Å². The first-order valence-electron chi connectivity index (χ1n) is 9.04. The van der Waals surface area contributed by atoms with Crippen LogP contribution in [0.1, 0.15) is 22.3 Å². The Morgan fingerprint density at radius 3 is 2.17 bits per heavy atom. The van der Waals surface area contributed by atoms with Crippen LogP contribution < -0.4 is 0 Å². The van der Waals surface area contributed by atoms with E-state index in [1.165, 1.54) is 23.9 Å². The van der Waals surface area contributed by atoms with Gasteiger partial charge in [-0.25, -0.2) is 0 Å². The molecule has 5 heteroatoms. The van der Waals surface area contributed by atoms with Gasteiger partial charge in [-0.15, -0.1) is 0 Å². The predicted octanol–water partition coefficient (Wildman–Crippen LogP) is 7.86. The van der Waals surface area contributed by atoms with Gasteiger partial charge in [-0.1, -0.05) is 53.7 Å². The van der Waals surface area contributed by atoms with E-state index in [1.54, 1.807) is 6.21 Å². The Bertz CT molecular complexity index is 1020. The number of aliphatic imine (C=N–C) groups is 1. The van der Waals surface area contributed by atoms with E-state index in [0.29, 0.717) is 5.56 Å². The summed E-state index contributed by atoms with van der Waals surface area (Å²) in [5, 5.41) is 0. The summed E-state index contributed by atoms with van der Waals surface area (Å²) in [6.45, 7) is 4.01. The van der Waals surface area contributed by atoms with Gasteiger partial charge in [0.25, 0.3) is 0 Å². The van der Waals surface area contributed by atoms with Crippen molar-refractivity contribution in [3.63, 3.8) is 0 Å². The van der Waals surface area contributed by atoms with Crippen LogP contribution in [0.25, 0.3) is 4.91 Å². The minimum Gasteiger partial charge on any atom is -0.257 e. The number of alkyl halides is 3. The van der Waals surface area contributed by atoms with E-state index in [9.17, 15) is 13.2 Å². The molecule has 0 aliphatic rings. The van der Waals surface area contributed by atoms with Crippen molar-refractivity contribution in [3.05, 3.63) is 101 Å². The van der Waals surface area contributed by atoms with Crippen LogP contribution in [0.4, 0.5) is 18.9 Å². The summed E-state index contributed by atoms with van der Waals surface area (Å²) in [6.07, 6.45) is -0.836. The first kappa shape index (κ1) is 20.9. The number of allylic oxidation sites excluding steroid dienone is 1. The maximum absolute atomic E-state index is 12.9. The molecule has 0 aliphatic heterocycles. The third kappa shape index (κ3) is 6.09. The molecule has 3 aromatic carbocycles. The highest BCUT2D eigenvalue weighted by atomic mass is 32.2. The van der Waals surface area contributed by atoms with Gasteiger partial charge < -0.3 is 0 Å². The van der Waals surface area contributed by atoms with Crippen LogP contribution in [0.15, 0.2) is 88.8 Å². The van der Waals surface area contributed by atoms with Crippen molar-refractivity contribution in [2.24, 2.45) is 4.99 Å². The molecule has 3 aromatic rings. The summed E-state index contributed by atoms with van der Waals surface area (Å²) in [5.74, 6) is 0. The van der Waals surface area contributed by atoms with Gasteiger partial charge in [0.05, 0.1) is 11.3 Å². The molecule has 0 atom stereocenters. The summed E-state index contributed by atoms with van der Waals surface area (Å²) in [7, 11) is 0. The fourth-order valence-electron chi connectivity index (χ4n) is 2.65. The van der Waals surface area contributed by atoms with Gasteiger partial charge in [-0.05, 0) is 67.4 Å². The lowest BCUT2D eigenvalue weighted by molar-refractivity contribution is -0.137. The van der Waals surface area contributed by atoms with Crippen LogP contribution in [0.3, 0.4) is 0 Å². The van der Waals surface area contributed by atoms with Crippen LogP contribution in [0, 0.1) is 13.8 Å². The summed E-state index contributed by atoms with van der Waals surface area (Å²) >= 11 is 1.49. The average molecular weight is 411 g/mol. The van der Waals surface area contributed by atoms with Gasteiger partial charge >= 0.3 is 6.18 Å². The molecule has 0 aliphatic carbocycles. The lowest BCUT2D eigenvalue weighted by atomic mass is 10.1. The summed E-state index contributed by atoms with van der Waals surface area (Å²) in [6, 6.07) is 21.0. The van der Waals surface area contributed by atoms with E-state index < -0.39 is 11.7 Å². The largest absolute Gasteiger partial charge is 0.416 e. The van der Waals surface area contributed by atoms with Crippen LogP contribution in [0.2, 0.25) is 0 Å². The zero-order chi connectivity index (χ0) is 20.9. The number of thioether (sulfide) groups is 1. The van der Waals surface area contributed by atoms with Crippen LogP contribution in [-0.4, -0.2) is 6.21 Å². The van der Waals surface area contributed by atoms with E-state index in [2.05, 4.69) is 4.99 Å². The van der Waals surface area contributed by atoms with E-state index in [0.717, 1.165) is 38.7 Å². The molecule has 148 valence electrons. The Morgan fingerprint density at radius 1 is 0.862 bits per heavy atom. The van der Waals surface area contributed by atoms with Crippen molar-refractivity contribution in [2.45, 2.75) is 24.9 Å². The third-order valence-electron chi connectivity index (χ3n) is 4.20. The minimum atomic E-state index is -4.35. The topological polar surface area (TPSA) is 12.4 Å². The monoisotopic (exact) mass is 411 g/mol. The van der Waals surface area contributed by atoms with Crippen LogP contribution in [-0.2, 0) is 6.18 Å². The predicted molar refractivity (Wildman–Crippen MR) is 116 cm³/mol. The zero-order valence-corrected chi connectivity index (χ0v) is 16.9. The highest BCUT2D eigenvalue weighted by Gasteiger charge is 2.30. The molecule has 0 heterocycles. The Labute approximate surface area is 173 Å². The third-order valence-corrected chi connectivity index (χ3v) is 5.30. The van der Waals surface area contributed by atoms with Gasteiger partial charge in [-0.3, -0.25) is 4.99 Å². The molecule has 0 bridgehead atoms. The second-order valence-electron chi connectivity index (χ2n) is 6.64. The molecule has 0 N–H and O–H groups in total. The Balaban J connectivity index is 1.91. The Hall–Kier alpha value is -2.79. The van der Waals surface area contributed by atoms with Crippen LogP contribution in [0.5, 0.6) is 0 Å². The second-order valence-corrected chi connectivity index (χ2v) is 7.75. The van der Waals surface area contributed by atoms with E-state index in [1.807, 2.05) is 68.5 Å². The quantitative estimate of drug-likeness (QED) is 0.307. The lowest BCUT2D eigenvalue weighted by Gasteiger charge is -2.10. The molecule has 0 saturated heterocycles. The van der Waals surface area contributed by atoms with E-state index in [-0.39, 0.29) is 0 Å². The van der Waals surface area contributed by atoms with Crippen molar-refractivity contribution < 1.29 is 13.2 Å². The molecule has 0 saturated carbocycles. The number of halogens is 3. The molecule has 0 unspecified atom stereocenters. The number of hydrogen-bond acceptors (Lipinski definition) is 2. The molecule has 0 spiro atoms.